The Morgan fingerprint density at radius 3 is 2.06 bits per heavy atom. The molecule has 2 nitrogen and oxygen atoms in total. The van der Waals surface area contributed by atoms with Gasteiger partial charge in [-0.05, 0) is 0 Å². The Kier molecular flexibility index (Phi) is 6.79. The van der Waals surface area contributed by atoms with Gasteiger partial charge in [0.1, 0.15) is 0 Å². The van der Waals surface area contributed by atoms with E-state index in [2.05, 4.69) is 113 Å². The molecule has 2 aromatic carbocycles. The average Bonchev–Trinajstić information content (AvgIpc) is 3.11. The van der Waals surface area contributed by atoms with Gasteiger partial charge in [-0.15, -0.1) is 0 Å². The number of anilines is 1. The second-order valence-corrected chi connectivity index (χ2v) is 12.1. The van der Waals surface area contributed by atoms with Gasteiger partial charge in [0.15, 0.2) is 0 Å². The maximum atomic E-state index is 6.82. The third-order valence-electron chi connectivity index (χ3n) is 6.32. The van der Waals surface area contributed by atoms with Gasteiger partial charge in [-0.3, -0.25) is 0 Å². The first kappa shape index (κ1) is 23.4. The average molecular weight is 630 g/mol. The summed E-state index contributed by atoms with van der Waals surface area (Å²) >= 11 is -0.490. The second-order valence-electron chi connectivity index (χ2n) is 9.45. The van der Waals surface area contributed by atoms with Gasteiger partial charge in [-0.1, -0.05) is 0 Å². The van der Waals surface area contributed by atoms with Crippen molar-refractivity contribution in [3.05, 3.63) is 93.8 Å². The van der Waals surface area contributed by atoms with Crippen LogP contribution in [0.4, 0.5) is 5.69 Å². The summed E-state index contributed by atoms with van der Waals surface area (Å²) in [6.07, 6.45) is 8.97. The number of fused-ring (bicyclic) bond motifs is 1. The fourth-order valence-corrected chi connectivity index (χ4v) is 7.51. The zero-order valence-electron chi connectivity index (χ0n) is 20.0. The summed E-state index contributed by atoms with van der Waals surface area (Å²) in [5, 5.41) is 0. The van der Waals surface area contributed by atoms with Crippen LogP contribution in [0.5, 0.6) is 0 Å². The quantitative estimate of drug-likeness (QED) is 0.310. The van der Waals surface area contributed by atoms with Gasteiger partial charge < -0.3 is 0 Å². The first-order valence-electron chi connectivity index (χ1n) is 11.3. The van der Waals surface area contributed by atoms with E-state index >= 15 is 0 Å². The van der Waals surface area contributed by atoms with Crippen LogP contribution >= 0.6 is 9.19 Å². The molecule has 0 radical (unpaired) electrons. The molecule has 173 valence electrons. The Morgan fingerprint density at radius 2 is 1.53 bits per heavy atom. The number of allylic oxidation sites excluding steroid dienone is 3. The molecular weight excluding hydrogens is 597 g/mol. The van der Waals surface area contributed by atoms with Crippen LogP contribution in [0.25, 0.3) is 5.70 Å². The molecule has 0 spiro atoms. The van der Waals surface area contributed by atoms with Crippen molar-refractivity contribution >= 4 is 20.6 Å². The van der Waals surface area contributed by atoms with Crippen LogP contribution < -0.4 is 4.90 Å². The molecule has 0 bridgehead atoms. The van der Waals surface area contributed by atoms with Gasteiger partial charge in [0.25, 0.3) is 0 Å². The van der Waals surface area contributed by atoms with Crippen LogP contribution in [-0.2, 0) is 18.7 Å². The van der Waals surface area contributed by atoms with Crippen molar-refractivity contribution in [1.29, 1.82) is 0 Å². The number of nitrogens with zero attached hydrogens (tertiary/aromatic N) is 2. The van der Waals surface area contributed by atoms with Gasteiger partial charge in [-0.25, -0.2) is 0 Å². The maximum absolute atomic E-state index is 6.82. The van der Waals surface area contributed by atoms with E-state index in [-0.39, 0.29) is 4.38 Å². The molecular formula is C28H33AuClN2. The monoisotopic (exact) mass is 629 g/mol. The van der Waals surface area contributed by atoms with Crippen LogP contribution in [0.1, 0.15) is 72.9 Å². The Labute approximate surface area is 206 Å². The Hall–Kier alpha value is -1.71. The number of rotatable bonds is 5. The molecule has 0 saturated heterocycles. The first-order chi connectivity index (χ1) is 15.2. The number of halogens is 1. The van der Waals surface area contributed by atoms with Crippen LogP contribution in [0.15, 0.2) is 60.5 Å². The molecule has 2 aliphatic heterocycles. The first-order valence-corrected chi connectivity index (χ1v) is 15.2. The minimum atomic E-state index is -0.490. The Balaban J connectivity index is 1.87. The van der Waals surface area contributed by atoms with Crippen LogP contribution in [0.2, 0.25) is 0 Å². The van der Waals surface area contributed by atoms with E-state index in [0.29, 0.717) is 11.8 Å². The normalized spacial score (nSPS) is 18.0. The standard InChI is InChI=1S/C28H33N2.Au.ClH/c1-18(2)24-11-9-12-25(19(3)4)28(24)29-16-23-10-8-13-26(30(23)17-29)27-21(6)14-20(5)15-22(27)7;;/h8-19H,1-7H3;;1H/q;+1;/p-1. The van der Waals surface area contributed by atoms with E-state index in [1.54, 1.807) is 0 Å². The Bertz CT molecular complexity index is 1080. The Morgan fingerprint density at radius 1 is 0.938 bits per heavy atom. The molecule has 1 atom stereocenters. The molecule has 0 amide bonds. The SMILES string of the molecule is Cc1cc(C)c(C2=CC=CC3=CN(c4c(C(C)C)cccc4C(C)C)[CH]([Au][Cl])N32)c(C)c1. The van der Waals surface area contributed by atoms with Crippen LogP contribution in [0, 0.1) is 20.8 Å². The van der Waals surface area contributed by atoms with Crippen molar-refractivity contribution in [3.63, 3.8) is 0 Å². The topological polar surface area (TPSA) is 6.48 Å². The van der Waals surface area contributed by atoms with E-state index in [9.17, 15) is 0 Å². The summed E-state index contributed by atoms with van der Waals surface area (Å²) in [6.45, 7) is 15.8. The molecule has 2 aromatic rings. The second kappa shape index (κ2) is 9.27. The van der Waals surface area contributed by atoms with Gasteiger partial charge in [0.2, 0.25) is 0 Å². The molecule has 0 aliphatic carbocycles. The molecule has 0 saturated carbocycles. The van der Waals surface area contributed by atoms with Crippen molar-refractivity contribution in [2.75, 3.05) is 4.90 Å². The molecule has 0 aromatic heterocycles. The summed E-state index contributed by atoms with van der Waals surface area (Å²) in [4.78, 5) is 4.94. The zero-order chi connectivity index (χ0) is 23.2. The predicted octanol–water partition coefficient (Wildman–Crippen LogP) is 7.95. The van der Waals surface area contributed by atoms with Crippen molar-refractivity contribution in [2.24, 2.45) is 0 Å². The summed E-state index contributed by atoms with van der Waals surface area (Å²) in [5.74, 6) is 0.888. The van der Waals surface area contributed by atoms with Crippen LogP contribution in [0.3, 0.4) is 0 Å². The number of hydrogen-bond donors (Lipinski definition) is 0. The van der Waals surface area contributed by atoms with E-state index in [1.165, 1.54) is 50.5 Å². The van der Waals surface area contributed by atoms with E-state index in [4.69, 9.17) is 9.19 Å². The van der Waals surface area contributed by atoms with E-state index in [0.717, 1.165) is 0 Å². The molecule has 32 heavy (non-hydrogen) atoms. The van der Waals surface area contributed by atoms with E-state index < -0.39 is 18.7 Å². The molecule has 4 heteroatoms. The number of aryl methyl sites for hydroxylation is 3. The fourth-order valence-electron chi connectivity index (χ4n) is 5.00. The summed E-state index contributed by atoms with van der Waals surface area (Å²) in [6, 6.07) is 11.3. The third kappa shape index (κ3) is 4.03. The zero-order valence-corrected chi connectivity index (χ0v) is 22.9. The van der Waals surface area contributed by atoms with Crippen molar-refractivity contribution < 1.29 is 18.7 Å². The number of hydrogen-bond acceptors (Lipinski definition) is 2. The molecule has 2 heterocycles. The molecule has 0 N–H and O–H groups in total. The summed E-state index contributed by atoms with van der Waals surface area (Å²) in [7, 11) is 6.82. The van der Waals surface area contributed by atoms with Crippen molar-refractivity contribution in [1.82, 2.24) is 4.90 Å². The summed E-state index contributed by atoms with van der Waals surface area (Å²) < 4.78 is 0.125. The third-order valence-corrected chi connectivity index (χ3v) is 8.87. The number of para-hydroxylation sites is 1. The fraction of sp³-hybridized carbons (Fsp3) is 0.357. The summed E-state index contributed by atoms with van der Waals surface area (Å²) in [5.41, 5.74) is 11.9. The molecule has 4 rings (SSSR count). The molecule has 0 fully saturated rings. The van der Waals surface area contributed by atoms with Crippen molar-refractivity contribution in [3.8, 4) is 0 Å². The van der Waals surface area contributed by atoms with Crippen molar-refractivity contribution in [2.45, 2.75) is 64.7 Å². The molecule has 1 unspecified atom stereocenters. The molecule has 2 aliphatic rings. The number of benzene rings is 2. The van der Waals surface area contributed by atoms with Gasteiger partial charge in [0.05, 0.1) is 0 Å². The predicted molar refractivity (Wildman–Crippen MR) is 134 cm³/mol. The van der Waals surface area contributed by atoms with Gasteiger partial charge in [-0.2, -0.15) is 0 Å². The van der Waals surface area contributed by atoms with Gasteiger partial charge in [0, 0.05) is 0 Å². The van der Waals surface area contributed by atoms with Crippen LogP contribution in [-0.4, -0.2) is 9.28 Å². The van der Waals surface area contributed by atoms with E-state index in [1.807, 2.05) is 0 Å². The van der Waals surface area contributed by atoms with Gasteiger partial charge >= 0.3 is 208 Å². The minimum absolute atomic E-state index is 0.125.